The van der Waals surface area contributed by atoms with Gasteiger partial charge in [0.2, 0.25) is 0 Å². The van der Waals surface area contributed by atoms with E-state index in [1.165, 1.54) is 5.06 Å². The summed E-state index contributed by atoms with van der Waals surface area (Å²) in [7, 11) is 0. The van der Waals surface area contributed by atoms with Gasteiger partial charge in [-0.15, -0.1) is 0 Å². The van der Waals surface area contributed by atoms with Gasteiger partial charge in [-0.3, -0.25) is 10.3 Å². The molecule has 1 aromatic rings. The van der Waals surface area contributed by atoms with E-state index >= 15 is 0 Å². The lowest BCUT2D eigenvalue weighted by Gasteiger charge is -2.22. The Morgan fingerprint density at radius 1 is 1.12 bits per heavy atom. The van der Waals surface area contributed by atoms with E-state index in [-0.39, 0.29) is 0 Å². The molecule has 0 bridgehead atoms. The summed E-state index contributed by atoms with van der Waals surface area (Å²) in [4.78, 5) is 0. The van der Waals surface area contributed by atoms with Crippen LogP contribution in [0.25, 0.3) is 0 Å². The van der Waals surface area contributed by atoms with Crippen LogP contribution >= 0.6 is 0 Å². The van der Waals surface area contributed by atoms with Crippen molar-refractivity contribution in [2.75, 3.05) is 0 Å². The maximum absolute atomic E-state index is 9.94. The number of rotatable bonds is 3. The second-order valence-electron chi connectivity index (χ2n) is 3.87. The number of nitrogens with two attached hydrogens (primary N) is 1. The van der Waals surface area contributed by atoms with Gasteiger partial charge < -0.3 is 5.73 Å². The Balaban J connectivity index is 2.06. The van der Waals surface area contributed by atoms with Crippen LogP contribution in [0.1, 0.15) is 18.4 Å². The van der Waals surface area contributed by atoms with Gasteiger partial charge in [-0.25, -0.2) is 0 Å². The highest BCUT2D eigenvalue weighted by Crippen LogP contribution is 2.18. The minimum absolute atomic E-state index is 0.460. The topological polar surface area (TPSA) is 49.5 Å². The largest absolute Gasteiger partial charge is 0.397 e. The summed E-state index contributed by atoms with van der Waals surface area (Å²) in [5, 5.41) is 11.2. The van der Waals surface area contributed by atoms with Gasteiger partial charge in [0.1, 0.15) is 0 Å². The number of nitrogens with zero attached hydrogens (tertiary/aromatic N) is 1. The van der Waals surface area contributed by atoms with E-state index in [1.54, 1.807) is 0 Å². The van der Waals surface area contributed by atoms with Gasteiger partial charge in [-0.1, -0.05) is 42.5 Å². The fourth-order valence-corrected chi connectivity index (χ4v) is 1.78. The number of hydrogen-bond donors (Lipinski definition) is 2. The van der Waals surface area contributed by atoms with Gasteiger partial charge in [0.05, 0.1) is 17.9 Å². The van der Waals surface area contributed by atoms with E-state index in [4.69, 9.17) is 5.73 Å². The Morgan fingerprint density at radius 3 is 2.50 bits per heavy atom. The molecule has 0 heterocycles. The van der Waals surface area contributed by atoms with Gasteiger partial charge >= 0.3 is 0 Å². The number of hydroxylamine groups is 2. The maximum Gasteiger partial charge on any atom is 0.0824 e. The normalized spacial score (nSPS) is 15.3. The van der Waals surface area contributed by atoms with Gasteiger partial charge in [0, 0.05) is 0 Å². The summed E-state index contributed by atoms with van der Waals surface area (Å²) in [5.74, 6) is 0. The summed E-state index contributed by atoms with van der Waals surface area (Å²) < 4.78 is 0. The van der Waals surface area contributed by atoms with Crippen molar-refractivity contribution in [3.8, 4) is 0 Å². The molecule has 3 N–H and O–H groups in total. The maximum atomic E-state index is 9.94. The molecule has 1 aliphatic rings. The monoisotopic (exact) mass is 216 g/mol. The van der Waals surface area contributed by atoms with Crippen LogP contribution in [0.4, 0.5) is 0 Å². The Kier molecular flexibility index (Phi) is 3.27. The predicted octanol–water partition coefficient (Wildman–Crippen LogP) is 2.40. The number of benzene rings is 1. The molecule has 0 unspecified atom stereocenters. The van der Waals surface area contributed by atoms with Gasteiger partial charge in [0.25, 0.3) is 0 Å². The average Bonchev–Trinajstić information content (AvgIpc) is 2.31. The van der Waals surface area contributed by atoms with Crippen molar-refractivity contribution in [3.63, 3.8) is 0 Å². The molecule has 0 fully saturated rings. The fraction of sp³-hybridized carbons (Fsp3) is 0.231. The highest BCUT2D eigenvalue weighted by Gasteiger charge is 2.12. The van der Waals surface area contributed by atoms with Crippen LogP contribution in [0.5, 0.6) is 0 Å². The van der Waals surface area contributed by atoms with Crippen LogP contribution in [0.2, 0.25) is 0 Å². The van der Waals surface area contributed by atoms with Crippen molar-refractivity contribution in [1.82, 2.24) is 5.06 Å². The summed E-state index contributed by atoms with van der Waals surface area (Å²) in [6.45, 7) is 0.460. The van der Waals surface area contributed by atoms with Crippen LogP contribution in [-0.4, -0.2) is 10.3 Å². The first kappa shape index (κ1) is 10.8. The third-order valence-corrected chi connectivity index (χ3v) is 2.62. The molecule has 0 saturated carbocycles. The second-order valence-corrected chi connectivity index (χ2v) is 3.87. The van der Waals surface area contributed by atoms with Gasteiger partial charge in [-0.05, 0) is 18.4 Å². The van der Waals surface area contributed by atoms with Crippen molar-refractivity contribution in [2.24, 2.45) is 5.73 Å². The van der Waals surface area contributed by atoms with Gasteiger partial charge in [-0.2, -0.15) is 0 Å². The van der Waals surface area contributed by atoms with Crippen LogP contribution in [-0.2, 0) is 6.54 Å². The molecule has 0 aromatic heterocycles. The minimum atomic E-state index is 0.460. The Labute approximate surface area is 95.4 Å². The Hall–Kier alpha value is -1.74. The quantitative estimate of drug-likeness (QED) is 0.763. The van der Waals surface area contributed by atoms with Crippen molar-refractivity contribution in [3.05, 3.63) is 59.4 Å². The van der Waals surface area contributed by atoms with Crippen LogP contribution in [0.3, 0.4) is 0 Å². The third-order valence-electron chi connectivity index (χ3n) is 2.62. The lowest BCUT2D eigenvalue weighted by Crippen LogP contribution is -2.23. The lowest BCUT2D eigenvalue weighted by atomic mass is 10.1. The molecule has 3 nitrogen and oxygen atoms in total. The lowest BCUT2D eigenvalue weighted by molar-refractivity contribution is -0.0617. The summed E-state index contributed by atoms with van der Waals surface area (Å²) in [6.07, 6.45) is 5.80. The van der Waals surface area contributed by atoms with Crippen LogP contribution < -0.4 is 5.73 Å². The van der Waals surface area contributed by atoms with E-state index in [9.17, 15) is 5.21 Å². The zero-order valence-corrected chi connectivity index (χ0v) is 9.13. The van der Waals surface area contributed by atoms with Crippen LogP contribution in [0, 0.1) is 0 Å². The highest BCUT2D eigenvalue weighted by molar-refractivity contribution is 5.29. The summed E-state index contributed by atoms with van der Waals surface area (Å²) in [6, 6.07) is 9.83. The van der Waals surface area contributed by atoms with Crippen molar-refractivity contribution >= 4 is 0 Å². The number of hydrogen-bond acceptors (Lipinski definition) is 3. The molecule has 1 aliphatic carbocycles. The Bertz CT molecular complexity index is 409. The molecule has 1 aromatic carbocycles. The SMILES string of the molecule is NC1=CCCC=C1N(O)Cc1ccccc1. The number of allylic oxidation sites excluding steroid dienone is 2. The van der Waals surface area contributed by atoms with E-state index in [0.717, 1.165) is 24.1 Å². The Morgan fingerprint density at radius 2 is 1.81 bits per heavy atom. The van der Waals surface area contributed by atoms with E-state index < -0.39 is 0 Å². The van der Waals surface area contributed by atoms with Crippen molar-refractivity contribution in [2.45, 2.75) is 19.4 Å². The van der Waals surface area contributed by atoms with E-state index in [0.29, 0.717) is 12.2 Å². The molecule has 16 heavy (non-hydrogen) atoms. The van der Waals surface area contributed by atoms with Crippen LogP contribution in [0.15, 0.2) is 53.9 Å². The molecular formula is C13H16N2O. The molecule has 0 amide bonds. The molecule has 0 aliphatic heterocycles. The zero-order valence-electron chi connectivity index (χ0n) is 9.13. The predicted molar refractivity (Wildman–Crippen MR) is 63.4 cm³/mol. The molecule has 3 heteroatoms. The molecule has 2 rings (SSSR count). The van der Waals surface area contributed by atoms with E-state index in [2.05, 4.69) is 0 Å². The summed E-state index contributed by atoms with van der Waals surface area (Å²) in [5.41, 5.74) is 8.26. The molecule has 0 atom stereocenters. The van der Waals surface area contributed by atoms with E-state index in [1.807, 2.05) is 42.5 Å². The minimum Gasteiger partial charge on any atom is -0.397 e. The van der Waals surface area contributed by atoms with Gasteiger partial charge in [0.15, 0.2) is 0 Å². The first-order chi connectivity index (χ1) is 7.77. The first-order valence-corrected chi connectivity index (χ1v) is 5.44. The molecule has 0 spiro atoms. The first-order valence-electron chi connectivity index (χ1n) is 5.44. The average molecular weight is 216 g/mol. The molecular weight excluding hydrogens is 200 g/mol. The summed E-state index contributed by atoms with van der Waals surface area (Å²) >= 11 is 0. The highest BCUT2D eigenvalue weighted by atomic mass is 16.5. The fourth-order valence-electron chi connectivity index (χ4n) is 1.78. The third kappa shape index (κ3) is 2.44. The molecule has 84 valence electrons. The van der Waals surface area contributed by atoms with Crippen molar-refractivity contribution in [1.29, 1.82) is 0 Å². The zero-order chi connectivity index (χ0) is 11.4. The second kappa shape index (κ2) is 4.86. The molecule has 0 saturated heterocycles. The molecule has 0 radical (unpaired) electrons. The standard InChI is InChI=1S/C13H16N2O/c14-12-8-4-5-9-13(12)15(16)10-11-6-2-1-3-7-11/h1-3,6-9,16H,4-5,10,14H2. The smallest absolute Gasteiger partial charge is 0.0824 e. The van der Waals surface area contributed by atoms with Crippen molar-refractivity contribution < 1.29 is 5.21 Å².